The number of hydrogen-bond acceptors (Lipinski definition) is 2. The van der Waals surface area contributed by atoms with Crippen LogP contribution in [0.5, 0.6) is 5.75 Å². The van der Waals surface area contributed by atoms with Gasteiger partial charge in [-0.3, -0.25) is 0 Å². The summed E-state index contributed by atoms with van der Waals surface area (Å²) in [6.45, 7) is 1.49. The number of nitrogens with two attached hydrogens (primary N) is 1. The van der Waals surface area contributed by atoms with Gasteiger partial charge in [0.2, 0.25) is 0 Å². The first-order valence-electron chi connectivity index (χ1n) is 4.22. The molecule has 0 saturated heterocycles. The number of ether oxygens (including phenoxy) is 1. The Morgan fingerprint density at radius 1 is 1.25 bits per heavy atom. The van der Waals surface area contributed by atoms with Gasteiger partial charge in [0.05, 0.1) is 6.61 Å². The molecular formula is C10H14NO. The van der Waals surface area contributed by atoms with Crippen LogP contribution in [-0.4, -0.2) is 13.2 Å². The molecular weight excluding hydrogens is 150 g/mol. The molecule has 2 N–H and O–H groups in total. The quantitative estimate of drug-likeness (QED) is 0.671. The average Bonchev–Trinajstić information content (AvgIpc) is 2.14. The van der Waals surface area contributed by atoms with E-state index in [-0.39, 0.29) is 0 Å². The van der Waals surface area contributed by atoms with E-state index in [4.69, 9.17) is 10.5 Å². The molecule has 65 valence electrons. The van der Waals surface area contributed by atoms with E-state index in [2.05, 4.69) is 6.07 Å². The normalized spacial score (nSPS) is 9.75. The molecule has 0 atom stereocenters. The van der Waals surface area contributed by atoms with Crippen LogP contribution in [0.2, 0.25) is 0 Å². The van der Waals surface area contributed by atoms with Gasteiger partial charge in [-0.1, -0.05) is 12.1 Å². The topological polar surface area (TPSA) is 35.2 Å². The Morgan fingerprint density at radius 3 is 2.67 bits per heavy atom. The Morgan fingerprint density at radius 2 is 2.00 bits per heavy atom. The summed E-state index contributed by atoms with van der Waals surface area (Å²) in [5, 5.41) is 0. The number of hydrogen-bond donors (Lipinski definition) is 1. The first-order valence-corrected chi connectivity index (χ1v) is 4.22. The van der Waals surface area contributed by atoms with Crippen molar-refractivity contribution in [1.29, 1.82) is 0 Å². The van der Waals surface area contributed by atoms with Crippen molar-refractivity contribution in [2.75, 3.05) is 13.2 Å². The van der Waals surface area contributed by atoms with Gasteiger partial charge in [-0.2, -0.15) is 0 Å². The van der Waals surface area contributed by atoms with Crippen LogP contribution >= 0.6 is 0 Å². The molecule has 2 heteroatoms. The van der Waals surface area contributed by atoms with Gasteiger partial charge in [0, 0.05) is 0 Å². The van der Waals surface area contributed by atoms with Crippen LogP contribution in [0.4, 0.5) is 0 Å². The molecule has 0 saturated carbocycles. The Balaban J connectivity index is 2.16. The standard InChI is InChI=1S/C10H14NO/c11-8-4-5-9-12-10-6-2-1-3-7-10/h2-3,6-7H,4-5,8-9,11H2. The maximum Gasteiger partial charge on any atom is 0.119 e. The molecule has 12 heavy (non-hydrogen) atoms. The summed E-state index contributed by atoms with van der Waals surface area (Å²) in [7, 11) is 0. The van der Waals surface area contributed by atoms with Crippen LogP contribution in [0.1, 0.15) is 12.8 Å². The third kappa shape index (κ3) is 3.39. The first kappa shape index (κ1) is 9.07. The molecule has 0 heterocycles. The molecule has 0 aliphatic heterocycles. The Labute approximate surface area is 73.3 Å². The molecule has 1 rings (SSSR count). The zero-order valence-electron chi connectivity index (χ0n) is 7.12. The second kappa shape index (κ2) is 5.61. The summed E-state index contributed by atoms with van der Waals surface area (Å²) in [6, 6.07) is 10.4. The molecule has 0 fully saturated rings. The fraction of sp³-hybridized carbons (Fsp3) is 0.400. The molecule has 1 radical (unpaired) electrons. The monoisotopic (exact) mass is 164 g/mol. The molecule has 2 nitrogen and oxygen atoms in total. The number of rotatable bonds is 5. The maximum absolute atomic E-state index is 5.43. The zero-order chi connectivity index (χ0) is 8.65. The third-order valence-corrected chi connectivity index (χ3v) is 1.55. The largest absolute Gasteiger partial charge is 0.494 e. The highest BCUT2D eigenvalue weighted by Crippen LogP contribution is 2.08. The molecule has 0 amide bonds. The zero-order valence-corrected chi connectivity index (χ0v) is 7.12. The lowest BCUT2D eigenvalue weighted by Crippen LogP contribution is -2.03. The van der Waals surface area contributed by atoms with Gasteiger partial charge >= 0.3 is 0 Å². The van der Waals surface area contributed by atoms with E-state index in [0.29, 0.717) is 0 Å². The van der Waals surface area contributed by atoms with Gasteiger partial charge in [0.1, 0.15) is 5.75 Å². The van der Waals surface area contributed by atoms with Crippen molar-refractivity contribution >= 4 is 0 Å². The second-order valence-corrected chi connectivity index (χ2v) is 2.58. The van der Waals surface area contributed by atoms with Crippen molar-refractivity contribution in [3.63, 3.8) is 0 Å². The van der Waals surface area contributed by atoms with Gasteiger partial charge in [-0.25, -0.2) is 0 Å². The number of benzene rings is 1. The van der Waals surface area contributed by atoms with E-state index in [1.165, 1.54) is 0 Å². The van der Waals surface area contributed by atoms with Gasteiger partial charge in [-0.05, 0) is 37.6 Å². The summed E-state index contributed by atoms with van der Waals surface area (Å²) >= 11 is 0. The van der Waals surface area contributed by atoms with E-state index in [1.54, 1.807) is 0 Å². The lowest BCUT2D eigenvalue weighted by molar-refractivity contribution is 0.308. The minimum absolute atomic E-state index is 0.742. The average molecular weight is 164 g/mol. The summed E-state index contributed by atoms with van der Waals surface area (Å²) in [6.07, 6.45) is 2.05. The first-order chi connectivity index (χ1) is 5.93. The van der Waals surface area contributed by atoms with E-state index in [0.717, 1.165) is 31.7 Å². The minimum Gasteiger partial charge on any atom is -0.494 e. The van der Waals surface area contributed by atoms with Crippen LogP contribution in [-0.2, 0) is 0 Å². The lowest BCUT2D eigenvalue weighted by Gasteiger charge is -2.03. The van der Waals surface area contributed by atoms with Crippen molar-refractivity contribution in [2.24, 2.45) is 5.73 Å². The highest BCUT2D eigenvalue weighted by Gasteiger charge is 1.90. The van der Waals surface area contributed by atoms with Crippen LogP contribution < -0.4 is 10.5 Å². The summed E-state index contributed by atoms with van der Waals surface area (Å²) in [4.78, 5) is 0. The van der Waals surface area contributed by atoms with Crippen LogP contribution in [0.25, 0.3) is 0 Å². The summed E-state index contributed by atoms with van der Waals surface area (Å²) in [5.74, 6) is 0.908. The second-order valence-electron chi connectivity index (χ2n) is 2.58. The predicted octanol–water partition coefficient (Wildman–Crippen LogP) is 1.60. The summed E-state index contributed by atoms with van der Waals surface area (Å²) < 4.78 is 5.43. The van der Waals surface area contributed by atoms with Crippen molar-refractivity contribution < 1.29 is 4.74 Å². The summed E-state index contributed by atoms with van der Waals surface area (Å²) in [5.41, 5.74) is 5.35. The molecule has 0 spiro atoms. The Bertz CT molecular complexity index is 198. The van der Waals surface area contributed by atoms with Gasteiger partial charge in [0.25, 0.3) is 0 Å². The van der Waals surface area contributed by atoms with Gasteiger partial charge in [-0.15, -0.1) is 0 Å². The van der Waals surface area contributed by atoms with Crippen LogP contribution in [0, 0.1) is 6.07 Å². The smallest absolute Gasteiger partial charge is 0.119 e. The molecule has 1 aromatic carbocycles. The lowest BCUT2D eigenvalue weighted by atomic mass is 10.3. The van der Waals surface area contributed by atoms with Crippen molar-refractivity contribution in [1.82, 2.24) is 0 Å². The predicted molar refractivity (Wildman–Crippen MR) is 49.1 cm³/mol. The fourth-order valence-electron chi connectivity index (χ4n) is 0.904. The van der Waals surface area contributed by atoms with E-state index < -0.39 is 0 Å². The number of unbranched alkanes of at least 4 members (excludes halogenated alkanes) is 1. The van der Waals surface area contributed by atoms with E-state index >= 15 is 0 Å². The fourth-order valence-corrected chi connectivity index (χ4v) is 0.904. The third-order valence-electron chi connectivity index (χ3n) is 1.55. The van der Waals surface area contributed by atoms with Crippen molar-refractivity contribution in [3.8, 4) is 5.75 Å². The van der Waals surface area contributed by atoms with Gasteiger partial charge < -0.3 is 10.5 Å². The molecule has 0 aliphatic carbocycles. The Hall–Kier alpha value is -1.02. The molecule has 0 aromatic heterocycles. The SMILES string of the molecule is NCCCCOc1cc[c]cc1. The van der Waals surface area contributed by atoms with Crippen LogP contribution in [0.15, 0.2) is 24.3 Å². The highest BCUT2D eigenvalue weighted by atomic mass is 16.5. The van der Waals surface area contributed by atoms with E-state index in [9.17, 15) is 0 Å². The van der Waals surface area contributed by atoms with Crippen molar-refractivity contribution in [2.45, 2.75) is 12.8 Å². The van der Waals surface area contributed by atoms with Crippen molar-refractivity contribution in [3.05, 3.63) is 30.3 Å². The molecule has 1 aromatic rings. The molecule has 0 unspecified atom stereocenters. The van der Waals surface area contributed by atoms with E-state index in [1.807, 2.05) is 24.3 Å². The van der Waals surface area contributed by atoms with Crippen LogP contribution in [0.3, 0.4) is 0 Å². The Kier molecular flexibility index (Phi) is 4.24. The van der Waals surface area contributed by atoms with Gasteiger partial charge in [0.15, 0.2) is 0 Å². The minimum atomic E-state index is 0.742. The maximum atomic E-state index is 5.43. The highest BCUT2D eigenvalue weighted by molar-refractivity contribution is 5.20. The molecule has 0 bridgehead atoms. The molecule has 0 aliphatic rings.